The molecule has 36 heavy (non-hydrogen) atoms. The highest BCUT2D eigenvalue weighted by Crippen LogP contribution is 2.31. The van der Waals surface area contributed by atoms with Crippen molar-refractivity contribution in [3.63, 3.8) is 0 Å². The smallest absolute Gasteiger partial charge is 0.406 e. The molecule has 4 aromatic rings. The highest BCUT2D eigenvalue weighted by molar-refractivity contribution is 7.92. The van der Waals surface area contributed by atoms with E-state index in [9.17, 15) is 35.3 Å². The molecular formula is C23H16F3N3O5S2. The molecule has 0 saturated heterocycles. The van der Waals surface area contributed by atoms with Crippen molar-refractivity contribution in [3.05, 3.63) is 78.5 Å². The molecule has 13 heteroatoms. The Labute approximate surface area is 204 Å². The maximum atomic E-state index is 13.3. The number of fused-ring (bicyclic) bond motifs is 1. The maximum absolute atomic E-state index is 13.3. The quantitative estimate of drug-likeness (QED) is 0.385. The number of anilines is 1. The van der Waals surface area contributed by atoms with Crippen LogP contribution in [0.25, 0.3) is 16.6 Å². The fourth-order valence-electron chi connectivity index (χ4n) is 3.55. The van der Waals surface area contributed by atoms with Gasteiger partial charge in [-0.1, -0.05) is 12.1 Å². The molecule has 0 unspecified atom stereocenters. The summed E-state index contributed by atoms with van der Waals surface area (Å²) in [5, 5.41) is 10.2. The average Bonchev–Trinajstić information content (AvgIpc) is 3.20. The molecule has 1 heterocycles. The van der Waals surface area contributed by atoms with Gasteiger partial charge in [0.05, 0.1) is 38.9 Å². The number of halogens is 3. The van der Waals surface area contributed by atoms with Crippen LogP contribution in [0.5, 0.6) is 5.75 Å². The first-order valence-corrected chi connectivity index (χ1v) is 13.4. The number of nitriles is 1. The molecule has 1 N–H and O–H groups in total. The van der Waals surface area contributed by atoms with Crippen molar-refractivity contribution in [2.75, 3.05) is 11.0 Å². The summed E-state index contributed by atoms with van der Waals surface area (Å²) in [6, 6.07) is 16.1. The Bertz CT molecular complexity index is 1740. The van der Waals surface area contributed by atoms with Crippen molar-refractivity contribution >= 4 is 36.5 Å². The number of benzene rings is 3. The van der Waals surface area contributed by atoms with Crippen LogP contribution in [-0.2, 0) is 19.9 Å². The molecule has 8 nitrogen and oxygen atoms in total. The van der Waals surface area contributed by atoms with Gasteiger partial charge in [-0.15, -0.1) is 13.2 Å². The number of hydrogen-bond donors (Lipinski definition) is 1. The topological polar surface area (TPSA) is 118 Å². The third-order valence-electron chi connectivity index (χ3n) is 4.95. The summed E-state index contributed by atoms with van der Waals surface area (Å²) in [6.45, 7) is 0. The molecule has 186 valence electrons. The van der Waals surface area contributed by atoms with E-state index in [0.29, 0.717) is 10.9 Å². The van der Waals surface area contributed by atoms with E-state index in [4.69, 9.17) is 0 Å². The molecule has 0 fully saturated rings. The second-order valence-electron chi connectivity index (χ2n) is 7.69. The first-order valence-electron chi connectivity index (χ1n) is 10.0. The number of rotatable bonds is 6. The van der Waals surface area contributed by atoms with E-state index in [1.165, 1.54) is 12.1 Å². The van der Waals surface area contributed by atoms with Gasteiger partial charge in [0, 0.05) is 17.3 Å². The third-order valence-corrected chi connectivity index (χ3v) is 7.29. The molecular weight excluding hydrogens is 519 g/mol. The number of hydrogen-bond acceptors (Lipinski definition) is 6. The summed E-state index contributed by atoms with van der Waals surface area (Å²) in [4.78, 5) is -0.782. The predicted octanol–water partition coefficient (Wildman–Crippen LogP) is 4.61. The van der Waals surface area contributed by atoms with Gasteiger partial charge in [0.2, 0.25) is 19.9 Å². The van der Waals surface area contributed by atoms with Gasteiger partial charge in [0.15, 0.2) is 0 Å². The van der Waals surface area contributed by atoms with E-state index in [-0.39, 0.29) is 21.8 Å². The number of ether oxygens (including phenoxy) is 1. The summed E-state index contributed by atoms with van der Waals surface area (Å²) in [6.07, 6.45) is -2.39. The molecule has 0 saturated carbocycles. The van der Waals surface area contributed by atoms with E-state index < -0.39 is 36.9 Å². The molecule has 0 aliphatic carbocycles. The summed E-state index contributed by atoms with van der Waals surface area (Å²) < 4.78 is 95.3. The zero-order chi connectivity index (χ0) is 26.3. The monoisotopic (exact) mass is 535 g/mol. The summed E-state index contributed by atoms with van der Waals surface area (Å²) in [5.41, 5.74) is 1.04. The lowest BCUT2D eigenvalue weighted by molar-refractivity contribution is -0.274. The zero-order valence-electron chi connectivity index (χ0n) is 18.3. The second-order valence-corrected chi connectivity index (χ2v) is 11.4. The van der Waals surface area contributed by atoms with E-state index in [1.807, 2.05) is 6.07 Å². The Morgan fingerprint density at radius 2 is 1.69 bits per heavy atom. The van der Waals surface area contributed by atoms with Crippen LogP contribution in [0.2, 0.25) is 0 Å². The molecule has 0 aliphatic heterocycles. The Hall–Kier alpha value is -4.02. The van der Waals surface area contributed by atoms with Crippen LogP contribution in [-0.4, -0.2) is 34.0 Å². The Balaban J connectivity index is 1.83. The molecule has 3 aromatic carbocycles. The van der Waals surface area contributed by atoms with Gasteiger partial charge in [-0.3, -0.25) is 4.72 Å². The lowest BCUT2D eigenvalue weighted by Crippen LogP contribution is -2.17. The minimum absolute atomic E-state index is 0.0129. The number of nitrogens with zero attached hydrogens (tertiary/aromatic N) is 2. The number of aromatic nitrogens is 1. The summed E-state index contributed by atoms with van der Waals surface area (Å²) in [7, 11) is -7.90. The molecule has 1 aromatic heterocycles. The van der Waals surface area contributed by atoms with Crippen molar-refractivity contribution in [1.82, 2.24) is 4.57 Å². The average molecular weight is 536 g/mol. The van der Waals surface area contributed by atoms with Gasteiger partial charge in [-0.25, -0.2) is 16.8 Å². The first kappa shape index (κ1) is 25.1. The minimum atomic E-state index is -5.00. The van der Waals surface area contributed by atoms with Crippen LogP contribution in [0.4, 0.5) is 18.9 Å². The maximum Gasteiger partial charge on any atom is 0.573 e. The van der Waals surface area contributed by atoms with Gasteiger partial charge in [-0.05, 0) is 54.6 Å². The van der Waals surface area contributed by atoms with Gasteiger partial charge >= 0.3 is 6.36 Å². The number of sulfonamides is 1. The molecule has 0 spiro atoms. The zero-order valence-corrected chi connectivity index (χ0v) is 19.9. The second kappa shape index (κ2) is 8.89. The Kier molecular flexibility index (Phi) is 6.19. The van der Waals surface area contributed by atoms with Crippen molar-refractivity contribution in [2.24, 2.45) is 0 Å². The fraction of sp³-hybridized carbons (Fsp3) is 0.0870. The van der Waals surface area contributed by atoms with E-state index in [1.54, 1.807) is 35.0 Å². The van der Waals surface area contributed by atoms with Gasteiger partial charge in [0.25, 0.3) is 0 Å². The normalized spacial score (nSPS) is 12.3. The third kappa shape index (κ3) is 5.45. The minimum Gasteiger partial charge on any atom is -0.406 e. The first-order chi connectivity index (χ1) is 16.7. The van der Waals surface area contributed by atoms with Crippen LogP contribution in [0.1, 0.15) is 5.56 Å². The largest absolute Gasteiger partial charge is 0.573 e. The predicted molar refractivity (Wildman–Crippen MR) is 125 cm³/mol. The van der Waals surface area contributed by atoms with Crippen molar-refractivity contribution < 1.29 is 34.7 Å². The molecule has 0 amide bonds. The molecule has 0 bridgehead atoms. The van der Waals surface area contributed by atoms with Crippen LogP contribution in [0, 0.1) is 11.3 Å². The number of sulfone groups is 1. The van der Waals surface area contributed by atoms with E-state index in [0.717, 1.165) is 36.6 Å². The number of nitrogens with one attached hydrogen (secondary N) is 1. The SMILES string of the molecule is CS(=O)(=O)Nc1ccc2ccn(-c3cc(C#N)cc(S(=O)(=O)c4cccc(OC(F)(F)F)c4)c3)c2c1. The summed E-state index contributed by atoms with van der Waals surface area (Å²) >= 11 is 0. The van der Waals surface area contributed by atoms with Gasteiger partial charge < -0.3 is 9.30 Å². The molecule has 0 atom stereocenters. The van der Waals surface area contributed by atoms with Crippen molar-refractivity contribution in [1.29, 1.82) is 5.26 Å². The van der Waals surface area contributed by atoms with Gasteiger partial charge in [-0.2, -0.15) is 5.26 Å². The Morgan fingerprint density at radius 3 is 2.36 bits per heavy atom. The van der Waals surface area contributed by atoms with Crippen LogP contribution < -0.4 is 9.46 Å². The van der Waals surface area contributed by atoms with Crippen LogP contribution >= 0.6 is 0 Å². The molecule has 0 aliphatic rings. The van der Waals surface area contributed by atoms with Crippen molar-refractivity contribution in [3.8, 4) is 17.5 Å². The lowest BCUT2D eigenvalue weighted by atomic mass is 10.2. The fourth-order valence-corrected chi connectivity index (χ4v) is 5.46. The van der Waals surface area contributed by atoms with Gasteiger partial charge in [0.1, 0.15) is 5.75 Å². The highest BCUT2D eigenvalue weighted by Gasteiger charge is 2.31. The standard InChI is InChI=1S/C23H16F3N3O5S2/c1-35(30,31)28-17-6-5-16-7-8-29(22(16)11-17)18-9-15(14-27)10-21(12-18)36(32,33)20-4-2-3-19(13-20)34-23(24,25)26/h2-13,28H,1H3. The van der Waals surface area contributed by atoms with Crippen LogP contribution in [0.15, 0.2) is 82.7 Å². The van der Waals surface area contributed by atoms with Crippen LogP contribution in [0.3, 0.4) is 0 Å². The molecule has 4 rings (SSSR count). The molecule has 0 radical (unpaired) electrons. The van der Waals surface area contributed by atoms with Crippen molar-refractivity contribution in [2.45, 2.75) is 16.2 Å². The van der Waals surface area contributed by atoms with E-state index >= 15 is 0 Å². The van der Waals surface area contributed by atoms with E-state index in [2.05, 4.69) is 9.46 Å². The number of alkyl halides is 3. The summed E-state index contributed by atoms with van der Waals surface area (Å²) in [5.74, 6) is -0.706. The lowest BCUT2D eigenvalue weighted by Gasteiger charge is -2.13. The highest BCUT2D eigenvalue weighted by atomic mass is 32.2. The Morgan fingerprint density at radius 1 is 0.944 bits per heavy atom.